The van der Waals surface area contributed by atoms with Crippen molar-refractivity contribution in [1.82, 2.24) is 9.88 Å². The van der Waals surface area contributed by atoms with Crippen LogP contribution in [0.2, 0.25) is 5.02 Å². The van der Waals surface area contributed by atoms with Gasteiger partial charge in [0.2, 0.25) is 0 Å². The Bertz CT molecular complexity index is 437. The Morgan fingerprint density at radius 3 is 2.47 bits per heavy atom. The van der Waals surface area contributed by atoms with Gasteiger partial charge in [-0.15, -0.1) is 0 Å². The summed E-state index contributed by atoms with van der Waals surface area (Å²) in [6, 6.07) is 2.60. The number of rotatable bonds is 2. The van der Waals surface area contributed by atoms with Crippen molar-refractivity contribution in [1.29, 1.82) is 0 Å². The molecule has 1 aliphatic carbocycles. The summed E-state index contributed by atoms with van der Waals surface area (Å²) < 4.78 is 0. The Labute approximate surface area is 119 Å². The molecule has 1 saturated heterocycles. The number of piperazine rings is 1. The lowest BCUT2D eigenvalue weighted by molar-refractivity contribution is 0.187. The van der Waals surface area contributed by atoms with E-state index in [4.69, 9.17) is 17.3 Å². The number of halogens is 1. The Morgan fingerprint density at radius 1 is 1.16 bits per heavy atom. The molecule has 0 radical (unpaired) electrons. The van der Waals surface area contributed by atoms with E-state index < -0.39 is 0 Å². The standard InChI is InChI=1S/C14H21ClN4/c15-11-9-13(16)14(17-10-11)19-7-5-18(6-8-19)12-3-1-2-4-12/h9-10,12H,1-8,16H2. The first-order valence-corrected chi connectivity index (χ1v) is 7.52. The van der Waals surface area contributed by atoms with Gasteiger partial charge >= 0.3 is 0 Å². The number of hydrogen-bond donors (Lipinski definition) is 1. The molecule has 1 aromatic heterocycles. The Kier molecular flexibility index (Phi) is 3.80. The molecular formula is C14H21ClN4. The lowest BCUT2D eigenvalue weighted by atomic mass is 10.2. The van der Waals surface area contributed by atoms with Gasteiger partial charge in [0.1, 0.15) is 0 Å². The third-order valence-electron chi connectivity index (χ3n) is 4.32. The molecule has 0 amide bonds. The average Bonchev–Trinajstić information content (AvgIpc) is 2.93. The van der Waals surface area contributed by atoms with E-state index in [1.807, 2.05) is 0 Å². The predicted molar refractivity (Wildman–Crippen MR) is 79.7 cm³/mol. The fourth-order valence-corrected chi connectivity index (χ4v) is 3.45. The minimum atomic E-state index is 0.603. The second-order valence-electron chi connectivity index (χ2n) is 5.53. The molecule has 0 unspecified atom stereocenters. The zero-order chi connectivity index (χ0) is 13.2. The van der Waals surface area contributed by atoms with Crippen LogP contribution in [0.5, 0.6) is 0 Å². The van der Waals surface area contributed by atoms with Gasteiger partial charge in [0.05, 0.1) is 10.7 Å². The molecule has 1 aliphatic heterocycles. The van der Waals surface area contributed by atoms with Crippen molar-refractivity contribution in [2.24, 2.45) is 0 Å². The van der Waals surface area contributed by atoms with Gasteiger partial charge < -0.3 is 10.6 Å². The van der Waals surface area contributed by atoms with Crippen LogP contribution in [-0.4, -0.2) is 42.1 Å². The Hall–Kier alpha value is -1.00. The lowest BCUT2D eigenvalue weighted by Gasteiger charge is -2.38. The van der Waals surface area contributed by atoms with Gasteiger partial charge in [-0.25, -0.2) is 4.98 Å². The molecule has 5 heteroatoms. The van der Waals surface area contributed by atoms with Crippen molar-refractivity contribution >= 4 is 23.1 Å². The van der Waals surface area contributed by atoms with Crippen molar-refractivity contribution in [2.75, 3.05) is 36.8 Å². The van der Waals surface area contributed by atoms with Gasteiger partial charge in [-0.1, -0.05) is 24.4 Å². The summed E-state index contributed by atoms with van der Waals surface area (Å²) in [5.41, 5.74) is 6.69. The highest BCUT2D eigenvalue weighted by Crippen LogP contribution is 2.27. The van der Waals surface area contributed by atoms with Crippen molar-refractivity contribution < 1.29 is 0 Å². The largest absolute Gasteiger partial charge is 0.396 e. The van der Waals surface area contributed by atoms with Gasteiger partial charge in [0.25, 0.3) is 0 Å². The number of nitrogens with two attached hydrogens (primary N) is 1. The Balaban J connectivity index is 1.63. The van der Waals surface area contributed by atoms with Crippen molar-refractivity contribution in [3.8, 4) is 0 Å². The minimum Gasteiger partial charge on any atom is -0.396 e. The topological polar surface area (TPSA) is 45.4 Å². The van der Waals surface area contributed by atoms with Gasteiger partial charge in [-0.05, 0) is 18.9 Å². The van der Waals surface area contributed by atoms with Crippen LogP contribution in [0, 0.1) is 0 Å². The third-order valence-corrected chi connectivity index (χ3v) is 4.52. The van der Waals surface area contributed by atoms with Crippen LogP contribution in [-0.2, 0) is 0 Å². The molecule has 2 aliphatic rings. The van der Waals surface area contributed by atoms with Gasteiger partial charge in [-0.3, -0.25) is 4.90 Å². The summed E-state index contributed by atoms with van der Waals surface area (Å²) in [5.74, 6) is 0.885. The summed E-state index contributed by atoms with van der Waals surface area (Å²) in [4.78, 5) is 9.28. The van der Waals surface area contributed by atoms with Crippen LogP contribution in [0.25, 0.3) is 0 Å². The average molecular weight is 281 g/mol. The second-order valence-corrected chi connectivity index (χ2v) is 5.96. The molecule has 1 aromatic rings. The molecule has 1 saturated carbocycles. The van der Waals surface area contributed by atoms with E-state index in [-0.39, 0.29) is 0 Å². The highest BCUT2D eigenvalue weighted by molar-refractivity contribution is 6.30. The van der Waals surface area contributed by atoms with E-state index in [0.29, 0.717) is 10.7 Å². The maximum absolute atomic E-state index is 6.01. The molecule has 0 bridgehead atoms. The summed E-state index contributed by atoms with van der Waals surface area (Å²) in [6.07, 6.45) is 7.23. The van der Waals surface area contributed by atoms with Gasteiger partial charge in [-0.2, -0.15) is 0 Å². The fraction of sp³-hybridized carbons (Fsp3) is 0.643. The van der Waals surface area contributed by atoms with Crippen molar-refractivity contribution in [2.45, 2.75) is 31.7 Å². The number of anilines is 2. The fourth-order valence-electron chi connectivity index (χ4n) is 3.28. The summed E-state index contributed by atoms with van der Waals surface area (Å²) in [7, 11) is 0. The van der Waals surface area contributed by atoms with Crippen molar-refractivity contribution in [3.63, 3.8) is 0 Å². The van der Waals surface area contributed by atoms with Gasteiger partial charge in [0.15, 0.2) is 5.82 Å². The molecule has 2 heterocycles. The van der Waals surface area contributed by atoms with E-state index in [1.54, 1.807) is 12.3 Å². The SMILES string of the molecule is Nc1cc(Cl)cnc1N1CCN(C2CCCC2)CC1. The van der Waals surface area contributed by atoms with Crippen LogP contribution in [0.3, 0.4) is 0 Å². The molecule has 2 N–H and O–H groups in total. The lowest BCUT2D eigenvalue weighted by Crippen LogP contribution is -2.50. The number of hydrogen-bond acceptors (Lipinski definition) is 4. The van der Waals surface area contributed by atoms with E-state index in [1.165, 1.54) is 25.7 Å². The van der Waals surface area contributed by atoms with Gasteiger partial charge in [0, 0.05) is 38.4 Å². The molecule has 0 spiro atoms. The predicted octanol–water partition coefficient (Wildman–Crippen LogP) is 2.38. The molecule has 104 valence electrons. The monoisotopic (exact) mass is 280 g/mol. The van der Waals surface area contributed by atoms with Crippen LogP contribution < -0.4 is 10.6 Å². The molecule has 19 heavy (non-hydrogen) atoms. The zero-order valence-corrected chi connectivity index (χ0v) is 11.9. The molecule has 2 fully saturated rings. The van der Waals surface area contributed by atoms with Crippen LogP contribution in [0.4, 0.5) is 11.5 Å². The van der Waals surface area contributed by atoms with E-state index >= 15 is 0 Å². The zero-order valence-electron chi connectivity index (χ0n) is 11.2. The van der Waals surface area contributed by atoms with Crippen molar-refractivity contribution in [3.05, 3.63) is 17.3 Å². The Morgan fingerprint density at radius 2 is 1.84 bits per heavy atom. The maximum Gasteiger partial charge on any atom is 0.151 e. The third kappa shape index (κ3) is 2.79. The van der Waals surface area contributed by atoms with E-state index in [2.05, 4.69) is 14.8 Å². The van der Waals surface area contributed by atoms with E-state index in [0.717, 1.165) is 38.0 Å². The normalized spacial score (nSPS) is 22.1. The number of nitrogens with zero attached hydrogens (tertiary/aromatic N) is 3. The summed E-state index contributed by atoms with van der Waals surface area (Å²) >= 11 is 5.90. The molecular weight excluding hydrogens is 260 g/mol. The highest BCUT2D eigenvalue weighted by atomic mass is 35.5. The smallest absolute Gasteiger partial charge is 0.151 e. The highest BCUT2D eigenvalue weighted by Gasteiger charge is 2.27. The first kappa shape index (κ1) is 13.0. The van der Waals surface area contributed by atoms with E-state index in [9.17, 15) is 0 Å². The minimum absolute atomic E-state index is 0.603. The van der Waals surface area contributed by atoms with Crippen LogP contribution >= 0.6 is 11.6 Å². The number of aromatic nitrogens is 1. The summed E-state index contributed by atoms with van der Waals surface area (Å²) in [6.45, 7) is 4.26. The first-order chi connectivity index (χ1) is 9.24. The number of pyridine rings is 1. The number of nitrogen functional groups attached to an aromatic ring is 1. The quantitative estimate of drug-likeness (QED) is 0.903. The molecule has 0 aromatic carbocycles. The molecule has 3 rings (SSSR count). The maximum atomic E-state index is 6.01. The summed E-state index contributed by atoms with van der Waals surface area (Å²) in [5, 5.41) is 0.603. The first-order valence-electron chi connectivity index (χ1n) is 7.14. The van der Waals surface area contributed by atoms with Crippen LogP contribution in [0.1, 0.15) is 25.7 Å². The molecule has 4 nitrogen and oxygen atoms in total. The second kappa shape index (κ2) is 5.55. The molecule has 0 atom stereocenters. The van der Waals surface area contributed by atoms with Crippen LogP contribution in [0.15, 0.2) is 12.3 Å².